The fraction of sp³-hybridized carbons (Fsp3) is 0.500. The fourth-order valence-corrected chi connectivity index (χ4v) is 3.65. The van der Waals surface area contributed by atoms with E-state index in [9.17, 15) is 14.4 Å². The van der Waals surface area contributed by atoms with Crippen LogP contribution < -0.4 is 5.56 Å². The van der Waals surface area contributed by atoms with E-state index >= 15 is 0 Å². The van der Waals surface area contributed by atoms with Crippen LogP contribution in [0.3, 0.4) is 0 Å². The van der Waals surface area contributed by atoms with Crippen LogP contribution in [0.1, 0.15) is 59.4 Å². The third kappa shape index (κ3) is 3.62. The second kappa shape index (κ2) is 6.98. The molecule has 0 aromatic carbocycles. The Labute approximate surface area is 155 Å². The van der Waals surface area contributed by atoms with E-state index in [4.69, 9.17) is 5.11 Å². The summed E-state index contributed by atoms with van der Waals surface area (Å²) in [6, 6.07) is 1.79. The molecule has 1 aliphatic carbocycles. The number of amides is 1. The number of likely N-dealkylation sites (tertiary alicyclic amines) is 1. The van der Waals surface area contributed by atoms with Crippen molar-refractivity contribution in [3.63, 3.8) is 0 Å². The van der Waals surface area contributed by atoms with Gasteiger partial charge in [0.05, 0.1) is 0 Å². The highest BCUT2D eigenvalue weighted by molar-refractivity contribution is 5.93. The molecule has 2 aliphatic rings. The molecule has 3 heterocycles. The zero-order chi connectivity index (χ0) is 19.0. The van der Waals surface area contributed by atoms with Crippen LogP contribution in [0.15, 0.2) is 23.3 Å². The number of carboxylic acid groups (broad SMARTS) is 1. The van der Waals surface area contributed by atoms with Crippen LogP contribution in [0.25, 0.3) is 0 Å². The molecule has 1 saturated heterocycles. The van der Waals surface area contributed by atoms with Gasteiger partial charge in [-0.15, -0.1) is 0 Å². The van der Waals surface area contributed by atoms with Crippen molar-refractivity contribution < 1.29 is 14.7 Å². The Bertz CT molecular complexity index is 930. The maximum Gasteiger partial charge on any atom is 0.325 e. The van der Waals surface area contributed by atoms with Gasteiger partial charge in [-0.25, -0.2) is 4.98 Å². The standard InChI is InChI=1S/C18H21N5O4/c24-15(25)10-23-14(5-6-20-23)12-2-1-7-22(9-12)18(27)13-8-19-16(11-3-4-11)21-17(13)26/h5-6,8,11-12H,1-4,7,9-10H2,(H,24,25)(H,19,21,26). The smallest absolute Gasteiger partial charge is 0.325 e. The van der Waals surface area contributed by atoms with Gasteiger partial charge in [0, 0.05) is 43.0 Å². The maximum atomic E-state index is 12.8. The number of H-pyrrole nitrogens is 1. The predicted molar refractivity (Wildman–Crippen MR) is 94.6 cm³/mol. The van der Waals surface area contributed by atoms with Crippen LogP contribution in [0.2, 0.25) is 0 Å². The molecular formula is C18H21N5O4. The Morgan fingerprint density at radius 2 is 2.07 bits per heavy atom. The number of hydrogen-bond donors (Lipinski definition) is 2. The third-order valence-corrected chi connectivity index (χ3v) is 5.17. The van der Waals surface area contributed by atoms with Gasteiger partial charge in [0.25, 0.3) is 11.5 Å². The van der Waals surface area contributed by atoms with Crippen molar-refractivity contribution in [3.8, 4) is 0 Å². The lowest BCUT2D eigenvalue weighted by molar-refractivity contribution is -0.137. The second-order valence-corrected chi connectivity index (χ2v) is 7.18. The van der Waals surface area contributed by atoms with Gasteiger partial charge in [0.15, 0.2) is 0 Å². The zero-order valence-corrected chi connectivity index (χ0v) is 14.8. The van der Waals surface area contributed by atoms with Gasteiger partial charge >= 0.3 is 5.97 Å². The van der Waals surface area contributed by atoms with Gasteiger partial charge in [-0.1, -0.05) is 0 Å². The first-order chi connectivity index (χ1) is 13.0. The maximum absolute atomic E-state index is 12.8. The lowest BCUT2D eigenvalue weighted by Crippen LogP contribution is -2.41. The SMILES string of the molecule is O=C(O)Cn1nccc1C1CCCN(C(=O)c2cnc(C3CC3)[nH]c2=O)C1. The van der Waals surface area contributed by atoms with E-state index in [1.807, 2.05) is 0 Å². The van der Waals surface area contributed by atoms with Gasteiger partial charge in [-0.05, 0) is 31.7 Å². The minimum absolute atomic E-state index is 0.0117. The van der Waals surface area contributed by atoms with Crippen molar-refractivity contribution in [1.29, 1.82) is 0 Å². The monoisotopic (exact) mass is 371 g/mol. The third-order valence-electron chi connectivity index (χ3n) is 5.17. The summed E-state index contributed by atoms with van der Waals surface area (Å²) >= 11 is 0. The fourth-order valence-electron chi connectivity index (χ4n) is 3.65. The average Bonchev–Trinajstić information content (AvgIpc) is 3.40. The highest BCUT2D eigenvalue weighted by atomic mass is 16.4. The predicted octanol–water partition coefficient (Wildman–Crippen LogP) is 0.948. The van der Waals surface area contributed by atoms with Gasteiger partial charge < -0.3 is 15.0 Å². The number of piperidine rings is 1. The van der Waals surface area contributed by atoms with Crippen molar-refractivity contribution in [2.24, 2.45) is 0 Å². The number of aromatic nitrogens is 4. The summed E-state index contributed by atoms with van der Waals surface area (Å²) in [6.45, 7) is 0.777. The highest BCUT2D eigenvalue weighted by Gasteiger charge is 2.30. The molecule has 1 atom stereocenters. The average molecular weight is 371 g/mol. The quantitative estimate of drug-likeness (QED) is 0.807. The first-order valence-corrected chi connectivity index (χ1v) is 9.15. The van der Waals surface area contributed by atoms with Crippen molar-refractivity contribution in [2.45, 2.75) is 44.1 Å². The highest BCUT2D eigenvalue weighted by Crippen LogP contribution is 2.37. The lowest BCUT2D eigenvalue weighted by atomic mass is 9.94. The van der Waals surface area contributed by atoms with E-state index in [1.54, 1.807) is 17.2 Å². The van der Waals surface area contributed by atoms with Crippen LogP contribution in [0, 0.1) is 0 Å². The first-order valence-electron chi connectivity index (χ1n) is 9.15. The summed E-state index contributed by atoms with van der Waals surface area (Å²) in [7, 11) is 0. The molecule has 1 unspecified atom stereocenters. The van der Waals surface area contributed by atoms with Gasteiger partial charge in [-0.2, -0.15) is 5.10 Å². The number of carbonyl (C=O) groups is 2. The normalized spacial score (nSPS) is 19.9. The molecule has 27 heavy (non-hydrogen) atoms. The Morgan fingerprint density at radius 1 is 1.26 bits per heavy atom. The molecule has 9 nitrogen and oxygen atoms in total. The summed E-state index contributed by atoms with van der Waals surface area (Å²) in [5, 5.41) is 13.1. The van der Waals surface area contributed by atoms with Crippen LogP contribution in [0.4, 0.5) is 0 Å². The zero-order valence-electron chi connectivity index (χ0n) is 14.8. The molecule has 2 aromatic rings. The minimum atomic E-state index is -0.961. The molecule has 1 amide bonds. The summed E-state index contributed by atoms with van der Waals surface area (Å²) in [4.78, 5) is 44.8. The molecule has 0 bridgehead atoms. The van der Waals surface area contributed by atoms with E-state index in [0.717, 1.165) is 31.4 Å². The molecule has 2 N–H and O–H groups in total. The Morgan fingerprint density at radius 3 is 2.78 bits per heavy atom. The molecule has 4 rings (SSSR count). The van der Waals surface area contributed by atoms with Crippen LogP contribution in [0.5, 0.6) is 0 Å². The summed E-state index contributed by atoms with van der Waals surface area (Å²) in [5.74, 6) is -0.333. The van der Waals surface area contributed by atoms with Crippen LogP contribution in [-0.4, -0.2) is 54.7 Å². The van der Waals surface area contributed by atoms with Gasteiger partial charge in [-0.3, -0.25) is 19.1 Å². The molecule has 142 valence electrons. The molecule has 0 radical (unpaired) electrons. The minimum Gasteiger partial charge on any atom is -0.480 e. The number of rotatable bonds is 5. The summed E-state index contributed by atoms with van der Waals surface area (Å²) < 4.78 is 1.46. The number of nitrogens with zero attached hydrogens (tertiary/aromatic N) is 4. The molecule has 9 heteroatoms. The van der Waals surface area contributed by atoms with Gasteiger partial charge in [0.1, 0.15) is 17.9 Å². The number of carbonyl (C=O) groups excluding carboxylic acids is 1. The number of aliphatic carboxylic acids is 1. The van der Waals surface area contributed by atoms with Crippen LogP contribution in [-0.2, 0) is 11.3 Å². The van der Waals surface area contributed by atoms with E-state index in [-0.39, 0.29) is 23.9 Å². The topological polar surface area (TPSA) is 121 Å². The molecule has 1 aliphatic heterocycles. The van der Waals surface area contributed by atoms with Crippen LogP contribution >= 0.6 is 0 Å². The van der Waals surface area contributed by atoms with E-state index < -0.39 is 11.5 Å². The second-order valence-electron chi connectivity index (χ2n) is 7.18. The van der Waals surface area contributed by atoms with Crippen molar-refractivity contribution in [2.75, 3.05) is 13.1 Å². The molecule has 2 aromatic heterocycles. The van der Waals surface area contributed by atoms with E-state index in [2.05, 4.69) is 15.1 Å². The number of carboxylic acids is 1. The van der Waals surface area contributed by atoms with E-state index in [1.165, 1.54) is 10.9 Å². The number of hydrogen-bond acceptors (Lipinski definition) is 5. The summed E-state index contributed by atoms with van der Waals surface area (Å²) in [6.07, 6.45) is 6.62. The first kappa shape index (κ1) is 17.4. The molecule has 2 fully saturated rings. The number of aromatic amines is 1. The van der Waals surface area contributed by atoms with Crippen molar-refractivity contribution in [3.05, 3.63) is 45.9 Å². The Balaban J connectivity index is 1.51. The molecule has 0 spiro atoms. The largest absolute Gasteiger partial charge is 0.480 e. The Hall–Kier alpha value is -2.97. The van der Waals surface area contributed by atoms with Crippen molar-refractivity contribution in [1.82, 2.24) is 24.6 Å². The Kier molecular flexibility index (Phi) is 4.51. The van der Waals surface area contributed by atoms with Gasteiger partial charge in [0.2, 0.25) is 0 Å². The lowest BCUT2D eigenvalue weighted by Gasteiger charge is -2.32. The van der Waals surface area contributed by atoms with Crippen molar-refractivity contribution >= 4 is 11.9 Å². The molecule has 1 saturated carbocycles. The molecular weight excluding hydrogens is 350 g/mol. The van der Waals surface area contributed by atoms with E-state index in [0.29, 0.717) is 24.8 Å². The number of nitrogens with one attached hydrogen (secondary N) is 1. The summed E-state index contributed by atoms with van der Waals surface area (Å²) in [5.41, 5.74) is 0.458.